The maximum absolute atomic E-state index is 12.8. The van der Waals surface area contributed by atoms with Gasteiger partial charge in [-0.05, 0) is 30.7 Å². The summed E-state index contributed by atoms with van der Waals surface area (Å²) in [4.78, 5) is 0. The van der Waals surface area contributed by atoms with Crippen LogP contribution in [0.5, 0.6) is 5.75 Å². The van der Waals surface area contributed by atoms with Gasteiger partial charge in [0, 0.05) is 0 Å². The summed E-state index contributed by atoms with van der Waals surface area (Å²) >= 11 is 0. The Morgan fingerprint density at radius 3 is 2.69 bits per heavy atom. The molecule has 0 heterocycles. The van der Waals surface area contributed by atoms with Crippen molar-refractivity contribution in [3.05, 3.63) is 29.6 Å². The third kappa shape index (κ3) is 2.40. The van der Waals surface area contributed by atoms with Crippen molar-refractivity contribution in [2.24, 2.45) is 5.73 Å². The SMILES string of the molecule is NCC[C@H](O)c1ccc(O)c(F)c1. The van der Waals surface area contributed by atoms with E-state index >= 15 is 0 Å². The second-order valence-electron chi connectivity index (χ2n) is 2.80. The van der Waals surface area contributed by atoms with Gasteiger partial charge in [0.2, 0.25) is 0 Å². The number of aliphatic hydroxyl groups excluding tert-OH is 1. The van der Waals surface area contributed by atoms with E-state index in [0.717, 1.165) is 6.07 Å². The van der Waals surface area contributed by atoms with Crippen LogP contribution in [0.3, 0.4) is 0 Å². The summed E-state index contributed by atoms with van der Waals surface area (Å²) in [5.74, 6) is -1.14. The topological polar surface area (TPSA) is 66.5 Å². The van der Waals surface area contributed by atoms with Gasteiger partial charge in [0.15, 0.2) is 11.6 Å². The van der Waals surface area contributed by atoms with Crippen molar-refractivity contribution >= 4 is 0 Å². The zero-order valence-corrected chi connectivity index (χ0v) is 7.07. The van der Waals surface area contributed by atoms with Crippen molar-refractivity contribution in [3.8, 4) is 5.75 Å². The first kappa shape index (κ1) is 9.95. The van der Waals surface area contributed by atoms with Crippen LogP contribution in [-0.2, 0) is 0 Å². The van der Waals surface area contributed by atoms with Gasteiger partial charge in [-0.1, -0.05) is 6.07 Å². The molecule has 0 bridgehead atoms. The summed E-state index contributed by atoms with van der Waals surface area (Å²) in [6.07, 6.45) is -0.385. The van der Waals surface area contributed by atoms with Crippen molar-refractivity contribution in [1.29, 1.82) is 0 Å². The second-order valence-corrected chi connectivity index (χ2v) is 2.80. The Labute approximate surface area is 75.6 Å². The zero-order valence-electron chi connectivity index (χ0n) is 7.07. The predicted molar refractivity (Wildman–Crippen MR) is 46.7 cm³/mol. The Balaban J connectivity index is 2.84. The van der Waals surface area contributed by atoms with Gasteiger partial charge >= 0.3 is 0 Å². The van der Waals surface area contributed by atoms with Crippen LogP contribution in [0.15, 0.2) is 18.2 Å². The number of hydrogen-bond acceptors (Lipinski definition) is 3. The molecule has 1 atom stereocenters. The van der Waals surface area contributed by atoms with Crippen LogP contribution < -0.4 is 5.73 Å². The number of benzene rings is 1. The molecular formula is C9H12FNO2. The smallest absolute Gasteiger partial charge is 0.165 e. The van der Waals surface area contributed by atoms with Gasteiger partial charge in [-0.3, -0.25) is 0 Å². The summed E-state index contributed by atoms with van der Waals surface area (Å²) in [5, 5.41) is 18.3. The van der Waals surface area contributed by atoms with E-state index in [2.05, 4.69) is 0 Å². The maximum atomic E-state index is 12.8. The van der Waals surface area contributed by atoms with Crippen LogP contribution >= 0.6 is 0 Å². The van der Waals surface area contributed by atoms with Gasteiger partial charge in [0.1, 0.15) is 0 Å². The lowest BCUT2D eigenvalue weighted by Crippen LogP contribution is -2.06. The monoisotopic (exact) mass is 185 g/mol. The molecule has 0 saturated carbocycles. The summed E-state index contributed by atoms with van der Waals surface area (Å²) in [6, 6.07) is 3.79. The molecule has 1 aromatic carbocycles. The van der Waals surface area contributed by atoms with Crippen LogP contribution in [0.1, 0.15) is 18.1 Å². The molecule has 0 aliphatic carbocycles. The van der Waals surface area contributed by atoms with Crippen LogP contribution in [-0.4, -0.2) is 16.8 Å². The first-order chi connectivity index (χ1) is 6.15. The van der Waals surface area contributed by atoms with Gasteiger partial charge in [-0.2, -0.15) is 0 Å². The Bertz CT molecular complexity index is 291. The Morgan fingerprint density at radius 2 is 2.15 bits per heavy atom. The number of hydrogen-bond donors (Lipinski definition) is 3. The van der Waals surface area contributed by atoms with Crippen LogP contribution in [0.25, 0.3) is 0 Å². The lowest BCUT2D eigenvalue weighted by molar-refractivity contribution is 0.169. The minimum Gasteiger partial charge on any atom is -0.505 e. The van der Waals surface area contributed by atoms with Crippen molar-refractivity contribution < 1.29 is 14.6 Å². The quantitative estimate of drug-likeness (QED) is 0.655. The molecule has 4 N–H and O–H groups in total. The summed E-state index contributed by atoms with van der Waals surface area (Å²) in [6.45, 7) is 0.337. The Kier molecular flexibility index (Phi) is 3.22. The van der Waals surface area contributed by atoms with E-state index in [1.54, 1.807) is 0 Å². The van der Waals surface area contributed by atoms with Gasteiger partial charge < -0.3 is 15.9 Å². The number of phenols is 1. The highest BCUT2D eigenvalue weighted by molar-refractivity contribution is 5.29. The van der Waals surface area contributed by atoms with Gasteiger partial charge in [0.25, 0.3) is 0 Å². The van der Waals surface area contributed by atoms with Crippen molar-refractivity contribution in [2.45, 2.75) is 12.5 Å². The fourth-order valence-corrected chi connectivity index (χ4v) is 1.05. The molecule has 4 heteroatoms. The molecule has 13 heavy (non-hydrogen) atoms. The van der Waals surface area contributed by atoms with Crippen LogP contribution in [0, 0.1) is 5.82 Å². The van der Waals surface area contributed by atoms with Gasteiger partial charge in [-0.25, -0.2) is 4.39 Å². The minimum atomic E-state index is -0.764. The predicted octanol–water partition coefficient (Wildman–Crippen LogP) is 0.914. The largest absolute Gasteiger partial charge is 0.505 e. The highest BCUT2D eigenvalue weighted by Gasteiger charge is 2.08. The molecule has 0 unspecified atom stereocenters. The number of aromatic hydroxyl groups is 1. The molecule has 0 saturated heterocycles. The van der Waals surface area contributed by atoms with E-state index in [-0.39, 0.29) is 0 Å². The van der Waals surface area contributed by atoms with E-state index in [4.69, 9.17) is 10.8 Å². The molecule has 72 valence electrons. The highest BCUT2D eigenvalue weighted by Crippen LogP contribution is 2.22. The van der Waals surface area contributed by atoms with Crippen LogP contribution in [0.4, 0.5) is 4.39 Å². The second kappa shape index (κ2) is 4.20. The maximum Gasteiger partial charge on any atom is 0.165 e. The summed E-state index contributed by atoms with van der Waals surface area (Å²) in [5.41, 5.74) is 5.66. The fraction of sp³-hybridized carbons (Fsp3) is 0.333. The number of phenolic OH excluding ortho intramolecular Hbond substituents is 1. The molecule has 1 aromatic rings. The van der Waals surface area contributed by atoms with Crippen molar-refractivity contribution in [3.63, 3.8) is 0 Å². The summed E-state index contributed by atoms with van der Waals surface area (Å²) in [7, 11) is 0. The molecule has 1 rings (SSSR count). The van der Waals surface area contributed by atoms with E-state index in [9.17, 15) is 9.50 Å². The summed E-state index contributed by atoms with van der Waals surface area (Å²) < 4.78 is 12.8. The Hall–Kier alpha value is -1.13. The third-order valence-corrected chi connectivity index (χ3v) is 1.80. The van der Waals surface area contributed by atoms with E-state index in [1.807, 2.05) is 0 Å². The fourth-order valence-electron chi connectivity index (χ4n) is 1.05. The lowest BCUT2D eigenvalue weighted by atomic mass is 10.1. The molecule has 3 nitrogen and oxygen atoms in total. The molecular weight excluding hydrogens is 173 g/mol. The average molecular weight is 185 g/mol. The molecule has 0 radical (unpaired) electrons. The molecule has 0 aliphatic heterocycles. The molecule has 0 spiro atoms. The first-order valence-electron chi connectivity index (χ1n) is 4.01. The highest BCUT2D eigenvalue weighted by atomic mass is 19.1. The van der Waals surface area contributed by atoms with E-state index in [1.165, 1.54) is 12.1 Å². The number of aliphatic hydroxyl groups is 1. The normalized spacial score (nSPS) is 12.8. The standard InChI is InChI=1S/C9H12FNO2/c10-7-5-6(1-2-9(7)13)8(12)3-4-11/h1-2,5,8,12-13H,3-4,11H2/t8-/m0/s1. The molecule has 0 aromatic heterocycles. The van der Waals surface area contributed by atoms with E-state index < -0.39 is 17.7 Å². The molecule has 0 aliphatic rings. The van der Waals surface area contributed by atoms with E-state index in [0.29, 0.717) is 18.5 Å². The minimum absolute atomic E-state index is 0.337. The number of rotatable bonds is 3. The number of halogens is 1. The van der Waals surface area contributed by atoms with Crippen molar-refractivity contribution in [1.82, 2.24) is 0 Å². The number of nitrogens with two attached hydrogens (primary N) is 1. The zero-order chi connectivity index (χ0) is 9.84. The molecule has 0 fully saturated rings. The van der Waals surface area contributed by atoms with Gasteiger partial charge in [0.05, 0.1) is 6.10 Å². The van der Waals surface area contributed by atoms with Crippen molar-refractivity contribution in [2.75, 3.05) is 6.54 Å². The lowest BCUT2D eigenvalue weighted by Gasteiger charge is -2.09. The molecule has 0 amide bonds. The first-order valence-corrected chi connectivity index (χ1v) is 4.01. The Morgan fingerprint density at radius 1 is 1.46 bits per heavy atom. The third-order valence-electron chi connectivity index (χ3n) is 1.80. The average Bonchev–Trinajstić information content (AvgIpc) is 2.10. The van der Waals surface area contributed by atoms with Gasteiger partial charge in [-0.15, -0.1) is 0 Å². The van der Waals surface area contributed by atoms with Crippen LogP contribution in [0.2, 0.25) is 0 Å².